The van der Waals surface area contributed by atoms with Crippen molar-refractivity contribution in [3.63, 3.8) is 0 Å². The Morgan fingerprint density at radius 1 is 1.07 bits per heavy atom. The molecule has 0 atom stereocenters. The predicted octanol–water partition coefficient (Wildman–Crippen LogP) is 4.19. The molecular formula is C13H20S. The van der Waals surface area contributed by atoms with Gasteiger partial charge in [0.05, 0.1) is 0 Å². The van der Waals surface area contributed by atoms with E-state index in [2.05, 4.69) is 45.9 Å². The summed E-state index contributed by atoms with van der Waals surface area (Å²) < 4.78 is 0. The Hall–Kier alpha value is -0.430. The summed E-state index contributed by atoms with van der Waals surface area (Å²) in [5, 5.41) is 0. The van der Waals surface area contributed by atoms with Crippen molar-refractivity contribution < 1.29 is 0 Å². The van der Waals surface area contributed by atoms with Gasteiger partial charge in [0.25, 0.3) is 0 Å². The molecule has 0 saturated heterocycles. The molecule has 1 aromatic carbocycles. The van der Waals surface area contributed by atoms with Crippen LogP contribution in [0.2, 0.25) is 0 Å². The number of benzene rings is 1. The number of thioether (sulfide) groups is 1. The SMILES string of the molecule is Cc1cc(C)cc(CSCC(C)C)c1. The highest BCUT2D eigenvalue weighted by Crippen LogP contribution is 2.17. The van der Waals surface area contributed by atoms with Crippen LogP contribution in [0.15, 0.2) is 18.2 Å². The van der Waals surface area contributed by atoms with Gasteiger partial charge in [-0.05, 0) is 31.1 Å². The maximum absolute atomic E-state index is 2.29. The largest absolute Gasteiger partial charge is 0.157 e. The standard InChI is InChI=1S/C13H20S/c1-10(2)8-14-9-13-6-11(3)5-12(4)7-13/h5-7,10H,8-9H2,1-4H3. The van der Waals surface area contributed by atoms with Gasteiger partial charge in [0.15, 0.2) is 0 Å². The van der Waals surface area contributed by atoms with Crippen LogP contribution in [0.25, 0.3) is 0 Å². The zero-order valence-corrected chi connectivity index (χ0v) is 10.4. The lowest BCUT2D eigenvalue weighted by molar-refractivity contribution is 0.750. The summed E-state index contributed by atoms with van der Waals surface area (Å²) >= 11 is 2.03. The lowest BCUT2D eigenvalue weighted by Crippen LogP contribution is -1.92. The van der Waals surface area contributed by atoms with Crippen molar-refractivity contribution in [1.82, 2.24) is 0 Å². The molecule has 78 valence electrons. The van der Waals surface area contributed by atoms with Gasteiger partial charge in [-0.25, -0.2) is 0 Å². The summed E-state index contributed by atoms with van der Waals surface area (Å²) in [5.74, 6) is 3.21. The minimum Gasteiger partial charge on any atom is -0.157 e. The minimum absolute atomic E-state index is 0.797. The van der Waals surface area contributed by atoms with Gasteiger partial charge in [-0.3, -0.25) is 0 Å². The summed E-state index contributed by atoms with van der Waals surface area (Å²) in [6, 6.07) is 6.82. The first-order valence-corrected chi connectivity index (χ1v) is 6.38. The van der Waals surface area contributed by atoms with Crippen LogP contribution in [0, 0.1) is 19.8 Å². The molecule has 0 aromatic heterocycles. The van der Waals surface area contributed by atoms with E-state index in [0.717, 1.165) is 11.7 Å². The molecule has 0 unspecified atom stereocenters. The summed E-state index contributed by atoms with van der Waals surface area (Å²) in [4.78, 5) is 0. The van der Waals surface area contributed by atoms with Crippen LogP contribution in [-0.4, -0.2) is 5.75 Å². The monoisotopic (exact) mass is 208 g/mol. The van der Waals surface area contributed by atoms with Crippen molar-refractivity contribution in [3.05, 3.63) is 34.9 Å². The maximum Gasteiger partial charge on any atom is 0.0184 e. The van der Waals surface area contributed by atoms with Crippen LogP contribution in [0.4, 0.5) is 0 Å². The normalized spacial score (nSPS) is 10.9. The van der Waals surface area contributed by atoms with Gasteiger partial charge in [0.2, 0.25) is 0 Å². The van der Waals surface area contributed by atoms with Gasteiger partial charge in [-0.15, -0.1) is 0 Å². The molecule has 0 nitrogen and oxygen atoms in total. The third kappa shape index (κ3) is 4.19. The van der Waals surface area contributed by atoms with Crippen LogP contribution < -0.4 is 0 Å². The highest BCUT2D eigenvalue weighted by atomic mass is 32.2. The van der Waals surface area contributed by atoms with Gasteiger partial charge < -0.3 is 0 Å². The van der Waals surface area contributed by atoms with Crippen LogP contribution in [0.5, 0.6) is 0 Å². The molecule has 0 N–H and O–H groups in total. The number of hydrogen-bond donors (Lipinski definition) is 0. The molecule has 14 heavy (non-hydrogen) atoms. The molecule has 0 bridgehead atoms. The maximum atomic E-state index is 2.29. The van der Waals surface area contributed by atoms with E-state index in [4.69, 9.17) is 0 Å². The lowest BCUT2D eigenvalue weighted by Gasteiger charge is -2.06. The van der Waals surface area contributed by atoms with E-state index in [-0.39, 0.29) is 0 Å². The minimum atomic E-state index is 0.797. The van der Waals surface area contributed by atoms with Gasteiger partial charge in [-0.1, -0.05) is 43.2 Å². The van der Waals surface area contributed by atoms with Crippen molar-refractivity contribution in [1.29, 1.82) is 0 Å². The number of hydrogen-bond acceptors (Lipinski definition) is 1. The summed E-state index contributed by atoms with van der Waals surface area (Å²) in [6.07, 6.45) is 0. The van der Waals surface area contributed by atoms with Crippen LogP contribution in [0.1, 0.15) is 30.5 Å². The topological polar surface area (TPSA) is 0 Å². The first-order chi connectivity index (χ1) is 6.58. The Balaban J connectivity index is 2.50. The molecule has 1 aromatic rings. The molecular weight excluding hydrogens is 188 g/mol. The van der Waals surface area contributed by atoms with Gasteiger partial charge in [0.1, 0.15) is 0 Å². The fourth-order valence-corrected chi connectivity index (χ4v) is 2.56. The summed E-state index contributed by atoms with van der Waals surface area (Å²) in [6.45, 7) is 8.89. The first kappa shape index (κ1) is 11.6. The van der Waals surface area contributed by atoms with Gasteiger partial charge in [-0.2, -0.15) is 11.8 Å². The van der Waals surface area contributed by atoms with E-state index >= 15 is 0 Å². The zero-order chi connectivity index (χ0) is 10.6. The molecule has 0 aliphatic heterocycles. The first-order valence-electron chi connectivity index (χ1n) is 5.23. The number of rotatable bonds is 4. The molecule has 0 heterocycles. The molecule has 1 heteroatoms. The average molecular weight is 208 g/mol. The fourth-order valence-electron chi connectivity index (χ4n) is 1.56. The molecule has 1 rings (SSSR count). The van der Waals surface area contributed by atoms with E-state index in [1.807, 2.05) is 11.8 Å². The highest BCUT2D eigenvalue weighted by Gasteiger charge is 1.98. The van der Waals surface area contributed by atoms with Crippen molar-refractivity contribution in [2.24, 2.45) is 5.92 Å². The molecule has 0 spiro atoms. The molecule has 0 radical (unpaired) electrons. The quantitative estimate of drug-likeness (QED) is 0.715. The Bertz CT molecular complexity index is 269. The van der Waals surface area contributed by atoms with Crippen molar-refractivity contribution >= 4 is 11.8 Å². The molecule has 0 saturated carbocycles. The fraction of sp³-hybridized carbons (Fsp3) is 0.538. The van der Waals surface area contributed by atoms with Crippen LogP contribution in [-0.2, 0) is 5.75 Å². The second kappa shape index (κ2) is 5.45. The average Bonchev–Trinajstić information content (AvgIpc) is 2.01. The molecule has 0 aliphatic rings. The van der Waals surface area contributed by atoms with Crippen molar-refractivity contribution in [2.45, 2.75) is 33.4 Å². The Labute approximate surface area is 92.1 Å². The number of aryl methyl sites for hydroxylation is 2. The Morgan fingerprint density at radius 3 is 2.14 bits per heavy atom. The predicted molar refractivity (Wildman–Crippen MR) is 66.9 cm³/mol. The Kier molecular flexibility index (Phi) is 4.53. The van der Waals surface area contributed by atoms with E-state index in [9.17, 15) is 0 Å². The Morgan fingerprint density at radius 2 is 1.64 bits per heavy atom. The van der Waals surface area contributed by atoms with E-state index in [1.165, 1.54) is 22.4 Å². The molecule has 0 fully saturated rings. The van der Waals surface area contributed by atoms with Crippen LogP contribution in [0.3, 0.4) is 0 Å². The third-order valence-corrected chi connectivity index (χ3v) is 3.44. The van der Waals surface area contributed by atoms with E-state index in [1.54, 1.807) is 0 Å². The third-order valence-electron chi connectivity index (χ3n) is 2.00. The smallest absolute Gasteiger partial charge is 0.0184 e. The summed E-state index contributed by atoms with van der Waals surface area (Å²) in [7, 11) is 0. The molecule has 0 aliphatic carbocycles. The lowest BCUT2D eigenvalue weighted by atomic mass is 10.1. The van der Waals surface area contributed by atoms with Crippen LogP contribution >= 0.6 is 11.8 Å². The second-order valence-corrected chi connectivity index (χ2v) is 5.44. The van der Waals surface area contributed by atoms with Gasteiger partial charge in [0, 0.05) is 5.75 Å². The second-order valence-electron chi connectivity index (χ2n) is 4.40. The van der Waals surface area contributed by atoms with Gasteiger partial charge >= 0.3 is 0 Å². The van der Waals surface area contributed by atoms with Crippen molar-refractivity contribution in [3.8, 4) is 0 Å². The van der Waals surface area contributed by atoms with E-state index in [0.29, 0.717) is 0 Å². The van der Waals surface area contributed by atoms with Crippen molar-refractivity contribution in [2.75, 3.05) is 5.75 Å². The van der Waals surface area contributed by atoms with E-state index < -0.39 is 0 Å². The zero-order valence-electron chi connectivity index (χ0n) is 9.63. The highest BCUT2D eigenvalue weighted by molar-refractivity contribution is 7.98. The molecule has 0 amide bonds. The summed E-state index contributed by atoms with van der Waals surface area (Å²) in [5.41, 5.74) is 4.23.